The largest absolute Gasteiger partial charge is 0.396 e. The van der Waals surface area contributed by atoms with Gasteiger partial charge in [0.1, 0.15) is 12.2 Å². The third-order valence-electron chi connectivity index (χ3n) is 4.00. The van der Waals surface area contributed by atoms with Gasteiger partial charge in [-0.3, -0.25) is 9.59 Å². The van der Waals surface area contributed by atoms with Gasteiger partial charge < -0.3 is 24.7 Å². The topological polar surface area (TPSA) is 90.3 Å². The molecule has 0 radical (unpaired) electrons. The van der Waals surface area contributed by atoms with Crippen molar-refractivity contribution in [1.29, 1.82) is 0 Å². The van der Waals surface area contributed by atoms with E-state index in [1.807, 2.05) is 0 Å². The first-order valence-corrected chi connectivity index (χ1v) is 7.62. The van der Waals surface area contributed by atoms with E-state index in [0.29, 0.717) is 51.9 Å². The van der Waals surface area contributed by atoms with E-state index in [4.69, 9.17) is 14.9 Å². The van der Waals surface area contributed by atoms with Gasteiger partial charge in [0.15, 0.2) is 0 Å². The first-order chi connectivity index (χ1) is 10.2. The summed E-state index contributed by atoms with van der Waals surface area (Å²) in [6.07, 6.45) is 1.27. The standard InChI is InChI=1S/C14H24N2O5/c17-9-1-5-15-7-3-11(13(15)19)21-12-4-8-16(14(12)20)6-2-10-18/h11-12,17-18H,1-10H2. The Kier molecular flexibility index (Phi) is 5.96. The van der Waals surface area contributed by atoms with Crippen molar-refractivity contribution in [1.82, 2.24) is 9.80 Å². The first-order valence-electron chi connectivity index (χ1n) is 7.62. The van der Waals surface area contributed by atoms with Crippen molar-refractivity contribution < 1.29 is 24.5 Å². The summed E-state index contributed by atoms with van der Waals surface area (Å²) in [6.45, 7) is 2.45. The van der Waals surface area contributed by atoms with E-state index in [0.717, 1.165) is 0 Å². The molecule has 2 aliphatic heterocycles. The summed E-state index contributed by atoms with van der Waals surface area (Å²) in [5, 5.41) is 17.6. The molecule has 0 aromatic carbocycles. The van der Waals surface area contributed by atoms with Crippen molar-refractivity contribution in [2.75, 3.05) is 39.4 Å². The molecule has 7 nitrogen and oxygen atoms in total. The zero-order valence-electron chi connectivity index (χ0n) is 12.2. The molecule has 0 aliphatic carbocycles. The van der Waals surface area contributed by atoms with Crippen LogP contribution < -0.4 is 0 Å². The maximum atomic E-state index is 12.1. The maximum Gasteiger partial charge on any atom is 0.251 e. The van der Waals surface area contributed by atoms with Gasteiger partial charge in [0.2, 0.25) is 0 Å². The Balaban J connectivity index is 1.80. The Morgan fingerprint density at radius 1 is 0.905 bits per heavy atom. The number of carbonyl (C=O) groups is 2. The Morgan fingerprint density at radius 3 is 1.71 bits per heavy atom. The van der Waals surface area contributed by atoms with Crippen LogP contribution >= 0.6 is 0 Å². The van der Waals surface area contributed by atoms with E-state index in [9.17, 15) is 9.59 Å². The van der Waals surface area contributed by atoms with E-state index < -0.39 is 12.2 Å². The van der Waals surface area contributed by atoms with Crippen molar-refractivity contribution >= 4 is 11.8 Å². The molecule has 0 saturated carbocycles. The number of likely N-dealkylation sites (tertiary alicyclic amines) is 2. The van der Waals surface area contributed by atoms with Gasteiger partial charge in [0.25, 0.3) is 11.8 Å². The predicted octanol–water partition coefficient (Wildman–Crippen LogP) is -1.03. The third kappa shape index (κ3) is 3.93. The number of amides is 2. The van der Waals surface area contributed by atoms with Crippen LogP contribution in [0.2, 0.25) is 0 Å². The van der Waals surface area contributed by atoms with Crippen LogP contribution in [-0.2, 0) is 14.3 Å². The molecule has 7 heteroatoms. The number of aliphatic hydroxyl groups is 2. The molecule has 2 unspecified atom stereocenters. The van der Waals surface area contributed by atoms with Gasteiger partial charge in [-0.25, -0.2) is 0 Å². The summed E-state index contributed by atoms with van der Waals surface area (Å²) in [6, 6.07) is 0. The second-order valence-corrected chi connectivity index (χ2v) is 5.50. The van der Waals surface area contributed by atoms with E-state index in [-0.39, 0.29) is 25.0 Å². The summed E-state index contributed by atoms with van der Waals surface area (Å²) in [5.41, 5.74) is 0. The number of rotatable bonds is 8. The second kappa shape index (κ2) is 7.72. The van der Waals surface area contributed by atoms with Crippen molar-refractivity contribution in [3.05, 3.63) is 0 Å². The minimum atomic E-state index is -0.532. The molecule has 2 heterocycles. The van der Waals surface area contributed by atoms with Gasteiger partial charge in [0.05, 0.1) is 0 Å². The molecule has 120 valence electrons. The Morgan fingerprint density at radius 2 is 1.33 bits per heavy atom. The fourth-order valence-electron chi connectivity index (χ4n) is 2.84. The van der Waals surface area contributed by atoms with Crippen LogP contribution in [0.15, 0.2) is 0 Å². The molecule has 2 saturated heterocycles. The van der Waals surface area contributed by atoms with Crippen LogP contribution in [0.4, 0.5) is 0 Å². The lowest BCUT2D eigenvalue weighted by Gasteiger charge is -2.19. The van der Waals surface area contributed by atoms with Crippen LogP contribution in [0, 0.1) is 0 Å². The number of nitrogens with zero attached hydrogens (tertiary/aromatic N) is 2. The van der Waals surface area contributed by atoms with Gasteiger partial charge in [-0.1, -0.05) is 0 Å². The van der Waals surface area contributed by atoms with Crippen LogP contribution in [0.3, 0.4) is 0 Å². The molecular weight excluding hydrogens is 276 g/mol. The minimum Gasteiger partial charge on any atom is -0.396 e. The second-order valence-electron chi connectivity index (χ2n) is 5.50. The molecule has 2 amide bonds. The van der Waals surface area contributed by atoms with Crippen molar-refractivity contribution in [2.24, 2.45) is 0 Å². The highest BCUT2D eigenvalue weighted by atomic mass is 16.5. The molecule has 0 bridgehead atoms. The molecule has 2 atom stereocenters. The van der Waals surface area contributed by atoms with Gasteiger partial charge >= 0.3 is 0 Å². The first kappa shape index (κ1) is 16.2. The van der Waals surface area contributed by atoms with E-state index in [2.05, 4.69) is 0 Å². The third-order valence-corrected chi connectivity index (χ3v) is 4.00. The molecule has 2 N–H and O–H groups in total. The zero-order valence-corrected chi connectivity index (χ0v) is 12.2. The van der Waals surface area contributed by atoms with Crippen LogP contribution in [0.25, 0.3) is 0 Å². The fourth-order valence-corrected chi connectivity index (χ4v) is 2.84. The lowest BCUT2D eigenvalue weighted by molar-refractivity contribution is -0.148. The minimum absolute atomic E-state index is 0.0657. The maximum absolute atomic E-state index is 12.1. The highest BCUT2D eigenvalue weighted by Gasteiger charge is 2.39. The molecule has 0 spiro atoms. The SMILES string of the molecule is O=C1C(OC2CCN(CCCO)C2=O)CCN1CCCO. The van der Waals surface area contributed by atoms with Gasteiger partial charge in [-0.2, -0.15) is 0 Å². The highest BCUT2D eigenvalue weighted by molar-refractivity contribution is 5.85. The number of carbonyl (C=O) groups excluding carboxylic acids is 2. The van der Waals surface area contributed by atoms with Gasteiger partial charge in [0, 0.05) is 52.2 Å². The quantitative estimate of drug-likeness (QED) is 0.598. The van der Waals surface area contributed by atoms with E-state index >= 15 is 0 Å². The highest BCUT2D eigenvalue weighted by Crippen LogP contribution is 2.22. The Labute approximate surface area is 124 Å². The monoisotopic (exact) mass is 300 g/mol. The normalized spacial score (nSPS) is 26.2. The van der Waals surface area contributed by atoms with E-state index in [1.165, 1.54) is 0 Å². The Bertz CT molecular complexity index is 342. The summed E-state index contributed by atoms with van der Waals surface area (Å²) >= 11 is 0. The van der Waals surface area contributed by atoms with Crippen molar-refractivity contribution in [3.8, 4) is 0 Å². The van der Waals surface area contributed by atoms with Crippen molar-refractivity contribution in [2.45, 2.75) is 37.9 Å². The number of hydrogen-bond acceptors (Lipinski definition) is 5. The number of hydrogen-bond donors (Lipinski definition) is 2. The van der Waals surface area contributed by atoms with Crippen LogP contribution in [0.5, 0.6) is 0 Å². The fraction of sp³-hybridized carbons (Fsp3) is 0.857. The average molecular weight is 300 g/mol. The predicted molar refractivity (Wildman–Crippen MR) is 74.5 cm³/mol. The molecule has 0 aromatic heterocycles. The summed E-state index contributed by atoms with van der Waals surface area (Å²) in [4.78, 5) is 27.6. The van der Waals surface area contributed by atoms with Gasteiger partial charge in [-0.15, -0.1) is 0 Å². The molecule has 21 heavy (non-hydrogen) atoms. The summed E-state index contributed by atoms with van der Waals surface area (Å²) in [5.74, 6) is -0.157. The summed E-state index contributed by atoms with van der Waals surface area (Å²) < 4.78 is 5.71. The molecular formula is C14H24N2O5. The zero-order chi connectivity index (χ0) is 15.2. The Hall–Kier alpha value is -1.18. The summed E-state index contributed by atoms with van der Waals surface area (Å²) in [7, 11) is 0. The smallest absolute Gasteiger partial charge is 0.251 e. The number of aliphatic hydroxyl groups excluding tert-OH is 2. The number of ether oxygens (including phenoxy) is 1. The van der Waals surface area contributed by atoms with Crippen LogP contribution in [-0.4, -0.2) is 83.4 Å². The average Bonchev–Trinajstić information content (AvgIpc) is 3.00. The van der Waals surface area contributed by atoms with Crippen molar-refractivity contribution in [3.63, 3.8) is 0 Å². The van der Waals surface area contributed by atoms with Crippen LogP contribution in [0.1, 0.15) is 25.7 Å². The lowest BCUT2D eigenvalue weighted by atomic mass is 10.2. The molecule has 2 aliphatic rings. The molecule has 0 aromatic rings. The molecule has 2 fully saturated rings. The lowest BCUT2D eigenvalue weighted by Crippen LogP contribution is -2.37. The molecule has 2 rings (SSSR count). The van der Waals surface area contributed by atoms with Gasteiger partial charge in [-0.05, 0) is 12.8 Å². The van der Waals surface area contributed by atoms with E-state index in [1.54, 1.807) is 9.80 Å².